The quantitative estimate of drug-likeness (QED) is 0.640. The van der Waals surface area contributed by atoms with E-state index in [1.165, 1.54) is 51.2 Å². The third kappa shape index (κ3) is 5.42. The molecular formula is C19H35N3O3S. The molecule has 1 aliphatic carbocycles. The molecule has 2 heterocycles. The molecule has 2 aliphatic heterocycles. The van der Waals surface area contributed by atoms with Gasteiger partial charge in [-0.3, -0.25) is 4.79 Å². The Morgan fingerprint density at radius 1 is 1.04 bits per heavy atom. The normalized spacial score (nSPS) is 23.5. The van der Waals surface area contributed by atoms with Crippen LogP contribution < -0.4 is 0 Å². The molecule has 150 valence electrons. The van der Waals surface area contributed by atoms with Gasteiger partial charge in [-0.2, -0.15) is 4.31 Å². The zero-order chi connectivity index (χ0) is 18.6. The molecule has 0 aromatic carbocycles. The van der Waals surface area contributed by atoms with Crippen LogP contribution in [-0.4, -0.2) is 80.0 Å². The number of amides is 1. The molecule has 3 fully saturated rings. The summed E-state index contributed by atoms with van der Waals surface area (Å²) in [5, 5.41) is 0. The van der Waals surface area contributed by atoms with E-state index in [2.05, 4.69) is 4.90 Å². The number of nitrogens with zero attached hydrogens (tertiary/aromatic N) is 3. The van der Waals surface area contributed by atoms with Crippen molar-refractivity contribution >= 4 is 15.9 Å². The number of piperidine rings is 1. The summed E-state index contributed by atoms with van der Waals surface area (Å²) in [6.45, 7) is 4.64. The molecule has 0 aromatic rings. The predicted octanol–water partition coefficient (Wildman–Crippen LogP) is 1.92. The van der Waals surface area contributed by atoms with Crippen LogP contribution in [0.5, 0.6) is 0 Å². The Morgan fingerprint density at radius 3 is 2.31 bits per heavy atom. The monoisotopic (exact) mass is 385 g/mol. The molecular weight excluding hydrogens is 350 g/mol. The van der Waals surface area contributed by atoms with Gasteiger partial charge in [0.25, 0.3) is 0 Å². The fraction of sp³-hybridized carbons (Fsp3) is 0.947. The SMILES string of the molecule is CS(=O)(=O)N(CCN1CCCCC1)C1CN(C(=O)CCC2CCCC2)C1. The summed E-state index contributed by atoms with van der Waals surface area (Å²) in [5.74, 6) is 0.936. The summed E-state index contributed by atoms with van der Waals surface area (Å²) in [6, 6.07) is -0.0368. The van der Waals surface area contributed by atoms with E-state index < -0.39 is 10.0 Å². The van der Waals surface area contributed by atoms with Crippen molar-refractivity contribution in [1.29, 1.82) is 0 Å². The second kappa shape index (κ2) is 9.02. The Kier molecular flexibility index (Phi) is 6.97. The Labute approximate surface area is 158 Å². The van der Waals surface area contributed by atoms with E-state index in [0.717, 1.165) is 32.0 Å². The zero-order valence-electron chi connectivity index (χ0n) is 16.2. The van der Waals surface area contributed by atoms with Crippen molar-refractivity contribution in [1.82, 2.24) is 14.1 Å². The molecule has 6 nitrogen and oxygen atoms in total. The lowest BCUT2D eigenvalue weighted by Crippen LogP contribution is -2.63. The van der Waals surface area contributed by atoms with E-state index in [9.17, 15) is 13.2 Å². The summed E-state index contributed by atoms with van der Waals surface area (Å²) in [6.07, 6.45) is 11.8. The van der Waals surface area contributed by atoms with Crippen LogP contribution >= 0.6 is 0 Å². The topological polar surface area (TPSA) is 60.9 Å². The van der Waals surface area contributed by atoms with E-state index in [1.54, 1.807) is 4.31 Å². The van der Waals surface area contributed by atoms with Gasteiger partial charge in [0, 0.05) is 32.6 Å². The van der Waals surface area contributed by atoms with Gasteiger partial charge in [-0.25, -0.2) is 8.42 Å². The molecule has 0 spiro atoms. The highest BCUT2D eigenvalue weighted by molar-refractivity contribution is 7.88. The van der Waals surface area contributed by atoms with Gasteiger partial charge in [0.05, 0.1) is 12.3 Å². The van der Waals surface area contributed by atoms with Crippen molar-refractivity contribution in [3.05, 3.63) is 0 Å². The third-order valence-electron chi connectivity index (χ3n) is 6.37. The standard InChI is InChI=1S/C19H35N3O3S/c1-26(24,25)22(14-13-20-11-5-2-6-12-20)18-15-21(16-18)19(23)10-9-17-7-3-4-8-17/h17-18H,2-16H2,1H3. The maximum Gasteiger partial charge on any atom is 0.222 e. The molecule has 1 saturated carbocycles. The predicted molar refractivity (Wildman–Crippen MR) is 103 cm³/mol. The summed E-state index contributed by atoms with van der Waals surface area (Å²) in [7, 11) is -3.23. The van der Waals surface area contributed by atoms with Gasteiger partial charge in [0.15, 0.2) is 0 Å². The minimum absolute atomic E-state index is 0.0368. The Morgan fingerprint density at radius 2 is 1.69 bits per heavy atom. The van der Waals surface area contributed by atoms with Gasteiger partial charge < -0.3 is 9.80 Å². The fourth-order valence-corrected chi connectivity index (χ4v) is 5.76. The largest absolute Gasteiger partial charge is 0.339 e. The Bertz CT molecular complexity index is 563. The van der Waals surface area contributed by atoms with Crippen LogP contribution in [0.3, 0.4) is 0 Å². The zero-order valence-corrected chi connectivity index (χ0v) is 17.1. The van der Waals surface area contributed by atoms with Crippen molar-refractivity contribution in [3.8, 4) is 0 Å². The Hall–Kier alpha value is -0.660. The van der Waals surface area contributed by atoms with E-state index in [1.807, 2.05) is 4.90 Å². The lowest BCUT2D eigenvalue weighted by Gasteiger charge is -2.45. The molecule has 3 rings (SSSR count). The lowest BCUT2D eigenvalue weighted by atomic mass is 10.00. The van der Waals surface area contributed by atoms with Gasteiger partial charge in [0.2, 0.25) is 15.9 Å². The summed E-state index contributed by atoms with van der Waals surface area (Å²) in [5.41, 5.74) is 0. The first-order chi connectivity index (χ1) is 12.4. The average molecular weight is 386 g/mol. The summed E-state index contributed by atoms with van der Waals surface area (Å²) >= 11 is 0. The van der Waals surface area contributed by atoms with Crippen LogP contribution in [0.1, 0.15) is 57.8 Å². The minimum Gasteiger partial charge on any atom is -0.339 e. The maximum absolute atomic E-state index is 12.4. The first-order valence-electron chi connectivity index (χ1n) is 10.4. The van der Waals surface area contributed by atoms with Crippen LogP contribution in [0.25, 0.3) is 0 Å². The smallest absolute Gasteiger partial charge is 0.222 e. The minimum atomic E-state index is -3.23. The molecule has 0 atom stereocenters. The average Bonchev–Trinajstić information content (AvgIpc) is 3.08. The Balaban J connectivity index is 1.43. The molecule has 0 N–H and O–H groups in total. The van der Waals surface area contributed by atoms with Crippen molar-refractivity contribution in [2.75, 3.05) is 45.5 Å². The summed E-state index contributed by atoms with van der Waals surface area (Å²) in [4.78, 5) is 16.6. The van der Waals surface area contributed by atoms with Crippen molar-refractivity contribution < 1.29 is 13.2 Å². The fourth-order valence-electron chi connectivity index (χ4n) is 4.67. The van der Waals surface area contributed by atoms with E-state index in [-0.39, 0.29) is 11.9 Å². The van der Waals surface area contributed by atoms with Gasteiger partial charge in [-0.15, -0.1) is 0 Å². The number of rotatable bonds is 8. The molecule has 1 amide bonds. The molecule has 2 saturated heterocycles. The van der Waals surface area contributed by atoms with Crippen molar-refractivity contribution in [2.45, 2.75) is 63.8 Å². The third-order valence-corrected chi connectivity index (χ3v) is 7.71. The van der Waals surface area contributed by atoms with E-state index in [0.29, 0.717) is 26.1 Å². The molecule has 0 aromatic heterocycles. The van der Waals surface area contributed by atoms with Gasteiger partial charge in [0.1, 0.15) is 0 Å². The van der Waals surface area contributed by atoms with Crippen LogP contribution in [-0.2, 0) is 14.8 Å². The number of sulfonamides is 1. The molecule has 7 heteroatoms. The van der Waals surface area contributed by atoms with Gasteiger partial charge >= 0.3 is 0 Å². The molecule has 0 radical (unpaired) electrons. The lowest BCUT2D eigenvalue weighted by molar-refractivity contribution is -0.137. The number of hydrogen-bond acceptors (Lipinski definition) is 4. The van der Waals surface area contributed by atoms with Crippen LogP contribution in [0, 0.1) is 5.92 Å². The van der Waals surface area contributed by atoms with E-state index in [4.69, 9.17) is 0 Å². The van der Waals surface area contributed by atoms with Crippen LogP contribution in [0.15, 0.2) is 0 Å². The first-order valence-corrected chi connectivity index (χ1v) is 12.3. The first kappa shape index (κ1) is 20.1. The molecule has 0 bridgehead atoms. The van der Waals surface area contributed by atoms with Gasteiger partial charge in [-0.1, -0.05) is 32.1 Å². The molecule has 0 unspecified atom stereocenters. The molecule has 3 aliphatic rings. The highest BCUT2D eigenvalue weighted by Gasteiger charge is 2.38. The van der Waals surface area contributed by atoms with Crippen LogP contribution in [0.2, 0.25) is 0 Å². The molecule has 26 heavy (non-hydrogen) atoms. The number of likely N-dealkylation sites (tertiary alicyclic amines) is 2. The van der Waals surface area contributed by atoms with E-state index >= 15 is 0 Å². The summed E-state index contributed by atoms with van der Waals surface area (Å²) < 4.78 is 26.1. The second-order valence-electron chi connectivity index (χ2n) is 8.42. The maximum atomic E-state index is 12.4. The van der Waals surface area contributed by atoms with Crippen molar-refractivity contribution in [3.63, 3.8) is 0 Å². The number of hydrogen-bond donors (Lipinski definition) is 0. The highest BCUT2D eigenvalue weighted by Crippen LogP contribution is 2.29. The van der Waals surface area contributed by atoms with Crippen molar-refractivity contribution in [2.24, 2.45) is 5.92 Å². The number of carbonyl (C=O) groups excluding carboxylic acids is 1. The second-order valence-corrected chi connectivity index (χ2v) is 10.4. The highest BCUT2D eigenvalue weighted by atomic mass is 32.2. The number of carbonyl (C=O) groups is 1. The van der Waals surface area contributed by atoms with Gasteiger partial charge in [-0.05, 0) is 38.3 Å². The van der Waals surface area contributed by atoms with Crippen LogP contribution in [0.4, 0.5) is 0 Å².